The van der Waals surface area contributed by atoms with Gasteiger partial charge in [0.15, 0.2) is 5.96 Å². The lowest BCUT2D eigenvalue weighted by molar-refractivity contribution is -0.140. The SMILES string of the molecule is CN=C(NCCCCC(=O)OC)NCCCn1nc(C)cc1C.I. The first-order chi connectivity index (χ1) is 11.1. The van der Waals surface area contributed by atoms with Gasteiger partial charge >= 0.3 is 5.97 Å². The van der Waals surface area contributed by atoms with Gasteiger partial charge < -0.3 is 15.4 Å². The van der Waals surface area contributed by atoms with Gasteiger partial charge in [-0.3, -0.25) is 14.5 Å². The molecule has 0 aliphatic heterocycles. The third kappa shape index (κ3) is 9.09. The minimum Gasteiger partial charge on any atom is -0.469 e. The zero-order valence-corrected chi connectivity index (χ0v) is 17.4. The quantitative estimate of drug-likeness (QED) is 0.198. The van der Waals surface area contributed by atoms with Crippen molar-refractivity contribution < 1.29 is 9.53 Å². The number of unbranched alkanes of at least 4 members (excludes halogenated alkanes) is 1. The van der Waals surface area contributed by atoms with Gasteiger partial charge in [0.1, 0.15) is 0 Å². The molecule has 1 aromatic rings. The van der Waals surface area contributed by atoms with E-state index in [0.29, 0.717) is 6.42 Å². The van der Waals surface area contributed by atoms with Crippen LogP contribution in [0.1, 0.15) is 37.1 Å². The molecule has 0 atom stereocenters. The van der Waals surface area contributed by atoms with E-state index < -0.39 is 0 Å². The summed E-state index contributed by atoms with van der Waals surface area (Å²) < 4.78 is 6.64. The number of nitrogens with one attached hydrogen (secondary N) is 2. The molecule has 0 fully saturated rings. The molecule has 0 spiro atoms. The van der Waals surface area contributed by atoms with Gasteiger partial charge in [0, 0.05) is 38.8 Å². The maximum atomic E-state index is 11.0. The second kappa shape index (κ2) is 13.0. The molecule has 0 saturated carbocycles. The van der Waals surface area contributed by atoms with Crippen LogP contribution in [0.3, 0.4) is 0 Å². The number of aliphatic imine (C=N–C) groups is 1. The fourth-order valence-electron chi connectivity index (χ4n) is 2.26. The number of ether oxygens (including phenoxy) is 1. The number of hydrogen-bond donors (Lipinski definition) is 2. The predicted molar refractivity (Wildman–Crippen MR) is 107 cm³/mol. The number of nitrogens with zero attached hydrogens (tertiary/aromatic N) is 3. The van der Waals surface area contributed by atoms with Crippen molar-refractivity contribution in [3.63, 3.8) is 0 Å². The Morgan fingerprint density at radius 2 is 1.92 bits per heavy atom. The maximum Gasteiger partial charge on any atom is 0.305 e. The van der Waals surface area contributed by atoms with Crippen molar-refractivity contribution in [3.05, 3.63) is 17.5 Å². The second-order valence-electron chi connectivity index (χ2n) is 5.46. The highest BCUT2D eigenvalue weighted by molar-refractivity contribution is 14.0. The number of methoxy groups -OCH3 is 1. The van der Waals surface area contributed by atoms with Crippen molar-refractivity contribution in [3.8, 4) is 0 Å². The summed E-state index contributed by atoms with van der Waals surface area (Å²) in [6, 6.07) is 2.09. The molecule has 0 saturated heterocycles. The Kier molecular flexibility index (Phi) is 12.3. The molecule has 1 heterocycles. The minimum atomic E-state index is -0.156. The first-order valence-corrected chi connectivity index (χ1v) is 8.09. The van der Waals surface area contributed by atoms with Crippen molar-refractivity contribution in [1.82, 2.24) is 20.4 Å². The van der Waals surface area contributed by atoms with Crippen molar-refractivity contribution >= 4 is 35.9 Å². The van der Waals surface area contributed by atoms with Crippen LogP contribution in [0.15, 0.2) is 11.1 Å². The largest absolute Gasteiger partial charge is 0.469 e. The van der Waals surface area contributed by atoms with E-state index in [0.717, 1.165) is 50.6 Å². The van der Waals surface area contributed by atoms with Crippen LogP contribution in [0.4, 0.5) is 0 Å². The van der Waals surface area contributed by atoms with Gasteiger partial charge in [0.25, 0.3) is 0 Å². The Morgan fingerprint density at radius 3 is 2.46 bits per heavy atom. The molecular formula is C16H30IN5O2. The molecule has 8 heteroatoms. The summed E-state index contributed by atoms with van der Waals surface area (Å²) in [6.07, 6.45) is 3.16. The van der Waals surface area contributed by atoms with Gasteiger partial charge in [-0.2, -0.15) is 5.10 Å². The van der Waals surface area contributed by atoms with Crippen LogP contribution in [0.25, 0.3) is 0 Å². The molecule has 0 amide bonds. The maximum absolute atomic E-state index is 11.0. The topological polar surface area (TPSA) is 80.5 Å². The summed E-state index contributed by atoms with van der Waals surface area (Å²) in [5.41, 5.74) is 2.25. The number of rotatable bonds is 9. The summed E-state index contributed by atoms with van der Waals surface area (Å²) in [5, 5.41) is 11.0. The highest BCUT2D eigenvalue weighted by atomic mass is 127. The summed E-state index contributed by atoms with van der Waals surface area (Å²) in [5.74, 6) is 0.632. The fourth-order valence-corrected chi connectivity index (χ4v) is 2.26. The summed E-state index contributed by atoms with van der Waals surface area (Å²) in [6.45, 7) is 6.59. The average molecular weight is 451 g/mol. The minimum absolute atomic E-state index is 0. The molecule has 0 aromatic carbocycles. The zero-order chi connectivity index (χ0) is 17.1. The molecule has 24 heavy (non-hydrogen) atoms. The first-order valence-electron chi connectivity index (χ1n) is 8.09. The fraction of sp³-hybridized carbons (Fsp3) is 0.688. The molecule has 0 unspecified atom stereocenters. The molecule has 138 valence electrons. The Labute approximate surface area is 161 Å². The van der Waals surface area contributed by atoms with Gasteiger partial charge in [0.2, 0.25) is 0 Å². The monoisotopic (exact) mass is 451 g/mol. The lowest BCUT2D eigenvalue weighted by Gasteiger charge is -2.12. The molecule has 7 nitrogen and oxygen atoms in total. The third-order valence-corrected chi connectivity index (χ3v) is 3.49. The molecule has 1 rings (SSSR count). The molecule has 0 aliphatic rings. The Bertz CT molecular complexity index is 517. The van der Waals surface area contributed by atoms with Crippen LogP contribution in [0.5, 0.6) is 0 Å². The van der Waals surface area contributed by atoms with Crippen LogP contribution in [-0.4, -0.2) is 49.0 Å². The number of carbonyl (C=O) groups is 1. The van der Waals surface area contributed by atoms with E-state index in [1.54, 1.807) is 7.05 Å². The van der Waals surface area contributed by atoms with Crippen LogP contribution < -0.4 is 10.6 Å². The van der Waals surface area contributed by atoms with Gasteiger partial charge in [0.05, 0.1) is 12.8 Å². The van der Waals surface area contributed by atoms with Crippen molar-refractivity contribution in [1.29, 1.82) is 0 Å². The lowest BCUT2D eigenvalue weighted by Crippen LogP contribution is -2.38. The average Bonchev–Trinajstić information content (AvgIpc) is 2.86. The van der Waals surface area contributed by atoms with Crippen LogP contribution in [0.2, 0.25) is 0 Å². The van der Waals surface area contributed by atoms with E-state index in [1.165, 1.54) is 12.8 Å². The van der Waals surface area contributed by atoms with Gasteiger partial charge in [-0.05, 0) is 39.2 Å². The van der Waals surface area contributed by atoms with Gasteiger partial charge in [-0.25, -0.2) is 0 Å². The number of aryl methyl sites for hydroxylation is 3. The number of aromatic nitrogens is 2. The second-order valence-corrected chi connectivity index (χ2v) is 5.46. The standard InChI is InChI=1S/C16H29N5O2.HI/c1-13-12-14(2)21(20-13)11-7-10-19-16(17-3)18-9-6-5-8-15(22)23-4;/h12H,5-11H2,1-4H3,(H2,17,18,19);1H. The van der Waals surface area contributed by atoms with Crippen molar-refractivity contribution in [2.24, 2.45) is 4.99 Å². The number of carbonyl (C=O) groups excluding carboxylic acids is 1. The van der Waals surface area contributed by atoms with E-state index >= 15 is 0 Å². The van der Waals surface area contributed by atoms with Gasteiger partial charge in [-0.15, -0.1) is 24.0 Å². The van der Waals surface area contributed by atoms with E-state index in [1.807, 2.05) is 11.6 Å². The molecule has 1 aromatic heterocycles. The zero-order valence-electron chi connectivity index (χ0n) is 15.1. The molecule has 0 aliphatic carbocycles. The van der Waals surface area contributed by atoms with Crippen LogP contribution >= 0.6 is 24.0 Å². The summed E-state index contributed by atoms with van der Waals surface area (Å²) in [7, 11) is 3.17. The van der Waals surface area contributed by atoms with E-state index in [2.05, 4.69) is 38.5 Å². The van der Waals surface area contributed by atoms with E-state index in [4.69, 9.17) is 0 Å². The van der Waals surface area contributed by atoms with E-state index in [9.17, 15) is 4.79 Å². The first kappa shape index (κ1) is 22.7. The Morgan fingerprint density at radius 1 is 1.25 bits per heavy atom. The van der Waals surface area contributed by atoms with Crippen molar-refractivity contribution in [2.45, 2.75) is 46.1 Å². The number of esters is 1. The third-order valence-electron chi connectivity index (χ3n) is 3.49. The van der Waals surface area contributed by atoms with Gasteiger partial charge in [-0.1, -0.05) is 0 Å². The van der Waals surface area contributed by atoms with Crippen LogP contribution in [0, 0.1) is 13.8 Å². The molecule has 2 N–H and O–H groups in total. The lowest BCUT2D eigenvalue weighted by atomic mass is 10.2. The number of guanidine groups is 1. The normalized spacial score (nSPS) is 10.9. The van der Waals surface area contributed by atoms with E-state index in [-0.39, 0.29) is 29.9 Å². The molecule has 0 bridgehead atoms. The Hall–Kier alpha value is -1.32. The highest BCUT2D eigenvalue weighted by Crippen LogP contribution is 2.02. The molecular weight excluding hydrogens is 421 g/mol. The summed E-state index contributed by atoms with van der Waals surface area (Å²) >= 11 is 0. The number of halogens is 1. The molecule has 0 radical (unpaired) electrons. The smallest absolute Gasteiger partial charge is 0.305 e. The predicted octanol–water partition coefficient (Wildman–Crippen LogP) is 2.02. The van der Waals surface area contributed by atoms with Crippen LogP contribution in [-0.2, 0) is 16.1 Å². The Balaban J connectivity index is 0.00000529. The highest BCUT2D eigenvalue weighted by Gasteiger charge is 2.02. The summed E-state index contributed by atoms with van der Waals surface area (Å²) in [4.78, 5) is 15.2. The number of hydrogen-bond acceptors (Lipinski definition) is 4. The van der Waals surface area contributed by atoms with Crippen molar-refractivity contribution in [2.75, 3.05) is 27.2 Å².